The van der Waals surface area contributed by atoms with E-state index in [1.54, 1.807) is 0 Å². The molecular formula is C14H26N2O2. The second-order valence-electron chi connectivity index (χ2n) is 5.76. The Labute approximate surface area is 110 Å². The van der Waals surface area contributed by atoms with Crippen LogP contribution in [0.2, 0.25) is 0 Å². The topological polar surface area (TPSA) is 55.6 Å². The molecule has 1 rings (SSSR count). The summed E-state index contributed by atoms with van der Waals surface area (Å²) in [6.07, 6.45) is 5.98. The van der Waals surface area contributed by atoms with E-state index in [4.69, 9.17) is 10.5 Å². The first-order chi connectivity index (χ1) is 8.42. The van der Waals surface area contributed by atoms with Gasteiger partial charge in [-0.15, -0.1) is 0 Å². The average molecular weight is 254 g/mol. The standard InChI is InChI=1S/C14H26N2O2/c1-14(2,3)18-13(17)16-10-5-7-12(8-11-16)6-4-9-15/h6H,4-5,7-11,15H2,1-3H3/b12-6-. The summed E-state index contributed by atoms with van der Waals surface area (Å²) in [6.45, 7) is 7.93. The number of hydrogen-bond donors (Lipinski definition) is 1. The number of carbonyl (C=O) groups excluding carboxylic acids is 1. The summed E-state index contributed by atoms with van der Waals surface area (Å²) in [5.74, 6) is 0. The number of nitrogens with zero attached hydrogens (tertiary/aromatic N) is 1. The van der Waals surface area contributed by atoms with Crippen molar-refractivity contribution in [2.75, 3.05) is 19.6 Å². The molecule has 0 aromatic rings. The highest BCUT2D eigenvalue weighted by atomic mass is 16.6. The van der Waals surface area contributed by atoms with Crippen LogP contribution in [-0.2, 0) is 4.74 Å². The zero-order chi connectivity index (χ0) is 13.6. The Morgan fingerprint density at radius 2 is 2.11 bits per heavy atom. The number of rotatable bonds is 2. The molecule has 0 aliphatic carbocycles. The molecule has 4 heteroatoms. The molecule has 0 radical (unpaired) electrons. The van der Waals surface area contributed by atoms with E-state index in [2.05, 4.69) is 6.08 Å². The normalized spacial score (nSPS) is 19.8. The molecule has 18 heavy (non-hydrogen) atoms. The zero-order valence-corrected chi connectivity index (χ0v) is 11.9. The molecule has 1 aliphatic rings. The molecule has 1 fully saturated rings. The first-order valence-electron chi connectivity index (χ1n) is 6.78. The molecule has 1 heterocycles. The maximum Gasteiger partial charge on any atom is 0.410 e. The predicted molar refractivity (Wildman–Crippen MR) is 73.4 cm³/mol. The van der Waals surface area contributed by atoms with Gasteiger partial charge in [-0.25, -0.2) is 4.79 Å². The lowest BCUT2D eigenvalue weighted by Gasteiger charge is -2.26. The number of amides is 1. The molecule has 0 unspecified atom stereocenters. The van der Waals surface area contributed by atoms with Gasteiger partial charge in [0.05, 0.1) is 0 Å². The third-order valence-electron chi connectivity index (χ3n) is 2.88. The Bertz CT molecular complexity index is 305. The van der Waals surface area contributed by atoms with E-state index in [-0.39, 0.29) is 6.09 Å². The maximum absolute atomic E-state index is 12.0. The monoisotopic (exact) mass is 254 g/mol. The van der Waals surface area contributed by atoms with Crippen LogP contribution in [-0.4, -0.2) is 36.2 Å². The lowest BCUT2D eigenvalue weighted by atomic mass is 10.1. The molecule has 0 atom stereocenters. The van der Waals surface area contributed by atoms with Crippen molar-refractivity contribution in [1.29, 1.82) is 0 Å². The largest absolute Gasteiger partial charge is 0.444 e. The molecule has 0 aromatic heterocycles. The molecular weight excluding hydrogens is 228 g/mol. The van der Waals surface area contributed by atoms with E-state index in [0.29, 0.717) is 6.54 Å². The van der Waals surface area contributed by atoms with Crippen molar-refractivity contribution >= 4 is 6.09 Å². The van der Waals surface area contributed by atoms with Gasteiger partial charge in [0, 0.05) is 13.1 Å². The van der Waals surface area contributed by atoms with Gasteiger partial charge in [-0.05, 0) is 53.0 Å². The number of ether oxygens (including phenoxy) is 1. The van der Waals surface area contributed by atoms with Gasteiger partial charge in [0.2, 0.25) is 0 Å². The van der Waals surface area contributed by atoms with Crippen molar-refractivity contribution in [2.45, 2.75) is 52.1 Å². The highest BCUT2D eigenvalue weighted by Crippen LogP contribution is 2.19. The van der Waals surface area contributed by atoms with E-state index in [1.165, 1.54) is 5.57 Å². The summed E-state index contributed by atoms with van der Waals surface area (Å²) in [4.78, 5) is 13.8. The second kappa shape index (κ2) is 6.78. The molecule has 1 aliphatic heterocycles. The Hall–Kier alpha value is -1.03. The van der Waals surface area contributed by atoms with Crippen LogP contribution >= 0.6 is 0 Å². The van der Waals surface area contributed by atoms with Crippen molar-refractivity contribution in [3.8, 4) is 0 Å². The van der Waals surface area contributed by atoms with Crippen LogP contribution in [0.5, 0.6) is 0 Å². The average Bonchev–Trinajstić information content (AvgIpc) is 2.49. The summed E-state index contributed by atoms with van der Waals surface area (Å²) in [7, 11) is 0. The molecule has 0 spiro atoms. The fraction of sp³-hybridized carbons (Fsp3) is 0.786. The van der Waals surface area contributed by atoms with E-state index >= 15 is 0 Å². The lowest BCUT2D eigenvalue weighted by Crippen LogP contribution is -2.37. The van der Waals surface area contributed by atoms with Gasteiger partial charge in [-0.1, -0.05) is 11.6 Å². The lowest BCUT2D eigenvalue weighted by molar-refractivity contribution is 0.0258. The van der Waals surface area contributed by atoms with Gasteiger partial charge >= 0.3 is 6.09 Å². The molecule has 1 saturated heterocycles. The number of carbonyl (C=O) groups is 1. The van der Waals surface area contributed by atoms with E-state index < -0.39 is 5.60 Å². The van der Waals surface area contributed by atoms with E-state index in [1.807, 2.05) is 25.7 Å². The van der Waals surface area contributed by atoms with Crippen LogP contribution < -0.4 is 5.73 Å². The summed E-state index contributed by atoms with van der Waals surface area (Å²) >= 11 is 0. The summed E-state index contributed by atoms with van der Waals surface area (Å²) < 4.78 is 5.40. The Morgan fingerprint density at radius 1 is 1.39 bits per heavy atom. The van der Waals surface area contributed by atoms with Crippen LogP contribution in [0.4, 0.5) is 4.79 Å². The number of likely N-dealkylation sites (tertiary alicyclic amines) is 1. The van der Waals surface area contributed by atoms with Crippen LogP contribution in [0.15, 0.2) is 11.6 Å². The van der Waals surface area contributed by atoms with Crippen LogP contribution in [0.3, 0.4) is 0 Å². The molecule has 1 amide bonds. The quantitative estimate of drug-likeness (QED) is 0.771. The van der Waals surface area contributed by atoms with Crippen molar-refractivity contribution in [3.63, 3.8) is 0 Å². The van der Waals surface area contributed by atoms with Crippen molar-refractivity contribution in [2.24, 2.45) is 5.73 Å². The highest BCUT2D eigenvalue weighted by Gasteiger charge is 2.23. The van der Waals surface area contributed by atoms with E-state index in [9.17, 15) is 4.79 Å². The maximum atomic E-state index is 12.0. The Morgan fingerprint density at radius 3 is 2.72 bits per heavy atom. The zero-order valence-electron chi connectivity index (χ0n) is 11.9. The Kier molecular flexibility index (Phi) is 5.66. The minimum absolute atomic E-state index is 0.192. The van der Waals surface area contributed by atoms with Crippen LogP contribution in [0, 0.1) is 0 Å². The third kappa shape index (κ3) is 5.54. The number of nitrogens with two attached hydrogens (primary N) is 1. The van der Waals surface area contributed by atoms with Crippen LogP contribution in [0.25, 0.3) is 0 Å². The van der Waals surface area contributed by atoms with Crippen molar-refractivity contribution < 1.29 is 9.53 Å². The van der Waals surface area contributed by atoms with Crippen LogP contribution in [0.1, 0.15) is 46.5 Å². The van der Waals surface area contributed by atoms with Gasteiger partial charge in [0.25, 0.3) is 0 Å². The predicted octanol–water partition coefficient (Wildman–Crippen LogP) is 2.68. The van der Waals surface area contributed by atoms with Crippen molar-refractivity contribution in [3.05, 3.63) is 11.6 Å². The molecule has 104 valence electrons. The molecule has 0 saturated carbocycles. The SMILES string of the molecule is CC(C)(C)OC(=O)N1CCC/C(=C/CCN)CC1. The van der Waals surface area contributed by atoms with Gasteiger partial charge in [0.1, 0.15) is 5.60 Å². The van der Waals surface area contributed by atoms with Gasteiger partial charge in [-0.2, -0.15) is 0 Å². The van der Waals surface area contributed by atoms with Gasteiger partial charge < -0.3 is 15.4 Å². The molecule has 0 bridgehead atoms. The van der Waals surface area contributed by atoms with E-state index in [0.717, 1.165) is 38.8 Å². The summed E-state index contributed by atoms with van der Waals surface area (Å²) in [5.41, 5.74) is 6.51. The summed E-state index contributed by atoms with van der Waals surface area (Å²) in [6, 6.07) is 0. The minimum Gasteiger partial charge on any atom is -0.444 e. The Balaban J connectivity index is 2.49. The molecule has 4 nitrogen and oxygen atoms in total. The molecule has 0 aromatic carbocycles. The molecule has 2 N–H and O–H groups in total. The van der Waals surface area contributed by atoms with Gasteiger partial charge in [-0.3, -0.25) is 0 Å². The smallest absolute Gasteiger partial charge is 0.410 e. The second-order valence-corrected chi connectivity index (χ2v) is 5.76. The first-order valence-corrected chi connectivity index (χ1v) is 6.78. The first kappa shape index (κ1) is 15.0. The highest BCUT2D eigenvalue weighted by molar-refractivity contribution is 5.68. The van der Waals surface area contributed by atoms with Crippen molar-refractivity contribution in [1.82, 2.24) is 4.90 Å². The summed E-state index contributed by atoms with van der Waals surface area (Å²) in [5, 5.41) is 0. The number of hydrogen-bond acceptors (Lipinski definition) is 3. The third-order valence-corrected chi connectivity index (χ3v) is 2.88. The van der Waals surface area contributed by atoms with Gasteiger partial charge in [0.15, 0.2) is 0 Å². The minimum atomic E-state index is -0.415. The fourth-order valence-corrected chi connectivity index (χ4v) is 2.01. The fourth-order valence-electron chi connectivity index (χ4n) is 2.01.